The van der Waals surface area contributed by atoms with Crippen LogP contribution in [-0.2, 0) is 11.3 Å². The molecule has 0 radical (unpaired) electrons. The first-order chi connectivity index (χ1) is 8.29. The van der Waals surface area contributed by atoms with Gasteiger partial charge in [0, 0.05) is 32.4 Å². The molecule has 0 aliphatic carbocycles. The van der Waals surface area contributed by atoms with E-state index >= 15 is 0 Å². The number of anilines is 1. The number of methoxy groups -OCH3 is 1. The van der Waals surface area contributed by atoms with E-state index in [4.69, 9.17) is 4.74 Å². The molecule has 1 heterocycles. The van der Waals surface area contributed by atoms with Crippen LogP contribution in [0, 0.1) is 5.92 Å². The summed E-state index contributed by atoms with van der Waals surface area (Å²) in [5.41, 5.74) is 2.55. The highest BCUT2D eigenvalue weighted by Gasteiger charge is 2.14. The van der Waals surface area contributed by atoms with Crippen molar-refractivity contribution < 1.29 is 4.74 Å². The standard InChI is InChI=1S/C14H22N2O/c1-12-9-15-7-8-16(10-12)14-5-3-13(4-6-14)11-17-2/h3-6,12,15H,7-11H2,1-2H3. The van der Waals surface area contributed by atoms with Crippen LogP contribution in [0.5, 0.6) is 0 Å². The molecule has 1 fully saturated rings. The summed E-state index contributed by atoms with van der Waals surface area (Å²) in [6.45, 7) is 7.41. The summed E-state index contributed by atoms with van der Waals surface area (Å²) in [7, 11) is 1.73. The Morgan fingerprint density at radius 1 is 1.35 bits per heavy atom. The molecule has 1 atom stereocenters. The first-order valence-electron chi connectivity index (χ1n) is 6.33. The second-order valence-electron chi connectivity index (χ2n) is 4.85. The molecule has 3 nitrogen and oxygen atoms in total. The molecule has 1 aromatic rings. The second-order valence-corrected chi connectivity index (χ2v) is 4.85. The van der Waals surface area contributed by atoms with E-state index in [-0.39, 0.29) is 0 Å². The SMILES string of the molecule is COCc1ccc(N2CCNCC(C)C2)cc1. The van der Waals surface area contributed by atoms with E-state index in [0.717, 1.165) is 26.2 Å². The molecule has 2 rings (SSSR count). The third kappa shape index (κ3) is 3.45. The lowest BCUT2D eigenvalue weighted by atomic mass is 10.1. The lowest BCUT2D eigenvalue weighted by Gasteiger charge is -2.24. The molecule has 3 heteroatoms. The lowest BCUT2D eigenvalue weighted by molar-refractivity contribution is 0.185. The highest BCUT2D eigenvalue weighted by molar-refractivity contribution is 5.47. The van der Waals surface area contributed by atoms with E-state index < -0.39 is 0 Å². The molecular weight excluding hydrogens is 212 g/mol. The van der Waals surface area contributed by atoms with Gasteiger partial charge in [-0.25, -0.2) is 0 Å². The van der Waals surface area contributed by atoms with E-state index in [1.165, 1.54) is 11.3 Å². The maximum Gasteiger partial charge on any atom is 0.0713 e. The van der Waals surface area contributed by atoms with Crippen molar-refractivity contribution in [3.63, 3.8) is 0 Å². The van der Waals surface area contributed by atoms with E-state index in [1.807, 2.05) is 0 Å². The Labute approximate surface area is 104 Å². The summed E-state index contributed by atoms with van der Waals surface area (Å²) in [6.07, 6.45) is 0. The van der Waals surface area contributed by atoms with Gasteiger partial charge in [0.15, 0.2) is 0 Å². The first-order valence-corrected chi connectivity index (χ1v) is 6.33. The lowest BCUT2D eigenvalue weighted by Crippen LogP contribution is -2.29. The largest absolute Gasteiger partial charge is 0.380 e. The van der Waals surface area contributed by atoms with Gasteiger partial charge in [-0.1, -0.05) is 19.1 Å². The number of hydrogen-bond acceptors (Lipinski definition) is 3. The highest BCUT2D eigenvalue weighted by Crippen LogP contribution is 2.18. The molecule has 0 spiro atoms. The normalized spacial score (nSPS) is 21.3. The van der Waals surface area contributed by atoms with Crippen molar-refractivity contribution >= 4 is 5.69 Å². The van der Waals surface area contributed by atoms with Crippen LogP contribution < -0.4 is 10.2 Å². The summed E-state index contributed by atoms with van der Waals surface area (Å²) in [5.74, 6) is 0.705. The molecule has 1 N–H and O–H groups in total. The van der Waals surface area contributed by atoms with Crippen molar-refractivity contribution in [2.75, 3.05) is 38.2 Å². The van der Waals surface area contributed by atoms with Gasteiger partial charge in [0.05, 0.1) is 6.61 Å². The van der Waals surface area contributed by atoms with Gasteiger partial charge in [0.25, 0.3) is 0 Å². The number of nitrogens with one attached hydrogen (secondary N) is 1. The summed E-state index contributed by atoms with van der Waals surface area (Å²) >= 11 is 0. The van der Waals surface area contributed by atoms with Gasteiger partial charge >= 0.3 is 0 Å². The molecule has 1 unspecified atom stereocenters. The first kappa shape index (κ1) is 12.4. The third-order valence-corrected chi connectivity index (χ3v) is 3.20. The van der Waals surface area contributed by atoms with Crippen LogP contribution >= 0.6 is 0 Å². The van der Waals surface area contributed by atoms with Gasteiger partial charge in [-0.15, -0.1) is 0 Å². The summed E-state index contributed by atoms with van der Waals surface area (Å²) < 4.78 is 5.13. The Hall–Kier alpha value is -1.06. The van der Waals surface area contributed by atoms with Gasteiger partial charge in [0.1, 0.15) is 0 Å². The number of ether oxygens (including phenoxy) is 1. The molecule has 0 amide bonds. The van der Waals surface area contributed by atoms with E-state index in [1.54, 1.807) is 7.11 Å². The minimum absolute atomic E-state index is 0.693. The van der Waals surface area contributed by atoms with Crippen molar-refractivity contribution in [3.8, 4) is 0 Å². The van der Waals surface area contributed by atoms with Gasteiger partial charge < -0.3 is 15.0 Å². The zero-order valence-corrected chi connectivity index (χ0v) is 10.8. The number of nitrogens with zero attached hydrogens (tertiary/aromatic N) is 1. The smallest absolute Gasteiger partial charge is 0.0713 e. The van der Waals surface area contributed by atoms with Crippen molar-refractivity contribution in [2.45, 2.75) is 13.5 Å². The number of benzene rings is 1. The fraction of sp³-hybridized carbons (Fsp3) is 0.571. The van der Waals surface area contributed by atoms with E-state index in [9.17, 15) is 0 Å². The van der Waals surface area contributed by atoms with Gasteiger partial charge in [-0.2, -0.15) is 0 Å². The molecule has 1 aromatic carbocycles. The Bertz CT molecular complexity index is 337. The summed E-state index contributed by atoms with van der Waals surface area (Å²) in [4.78, 5) is 2.46. The van der Waals surface area contributed by atoms with Crippen LogP contribution in [0.3, 0.4) is 0 Å². The second kappa shape index (κ2) is 6.03. The van der Waals surface area contributed by atoms with Crippen LogP contribution in [0.2, 0.25) is 0 Å². The average molecular weight is 234 g/mol. The van der Waals surface area contributed by atoms with Crippen LogP contribution in [0.15, 0.2) is 24.3 Å². The molecule has 0 aromatic heterocycles. The van der Waals surface area contributed by atoms with Gasteiger partial charge in [-0.3, -0.25) is 0 Å². The van der Waals surface area contributed by atoms with Crippen molar-refractivity contribution in [1.82, 2.24) is 5.32 Å². The monoisotopic (exact) mass is 234 g/mol. The molecule has 1 aliphatic heterocycles. The predicted molar refractivity (Wildman–Crippen MR) is 71.4 cm³/mol. The Kier molecular flexibility index (Phi) is 4.40. The summed E-state index contributed by atoms with van der Waals surface area (Å²) in [6, 6.07) is 8.71. The fourth-order valence-corrected chi connectivity index (χ4v) is 2.30. The van der Waals surface area contributed by atoms with Crippen LogP contribution in [-0.4, -0.2) is 33.3 Å². The Morgan fingerprint density at radius 2 is 2.12 bits per heavy atom. The predicted octanol–water partition coefficient (Wildman–Crippen LogP) is 1.88. The molecule has 0 saturated carbocycles. The number of hydrogen-bond donors (Lipinski definition) is 1. The van der Waals surface area contributed by atoms with Crippen LogP contribution in [0.25, 0.3) is 0 Å². The molecule has 1 saturated heterocycles. The Balaban J connectivity index is 2.04. The maximum atomic E-state index is 5.13. The minimum atomic E-state index is 0.693. The van der Waals surface area contributed by atoms with Crippen LogP contribution in [0.4, 0.5) is 5.69 Å². The van der Waals surface area contributed by atoms with Crippen molar-refractivity contribution in [3.05, 3.63) is 29.8 Å². The Morgan fingerprint density at radius 3 is 2.82 bits per heavy atom. The van der Waals surface area contributed by atoms with Crippen LogP contribution in [0.1, 0.15) is 12.5 Å². The van der Waals surface area contributed by atoms with Gasteiger partial charge in [-0.05, 0) is 30.2 Å². The zero-order valence-electron chi connectivity index (χ0n) is 10.8. The molecular formula is C14H22N2O. The summed E-state index contributed by atoms with van der Waals surface area (Å²) in [5, 5.41) is 3.47. The molecule has 1 aliphatic rings. The zero-order chi connectivity index (χ0) is 12.1. The van der Waals surface area contributed by atoms with E-state index in [0.29, 0.717) is 12.5 Å². The molecule has 17 heavy (non-hydrogen) atoms. The average Bonchev–Trinajstić information content (AvgIpc) is 2.55. The quantitative estimate of drug-likeness (QED) is 0.864. The third-order valence-electron chi connectivity index (χ3n) is 3.20. The van der Waals surface area contributed by atoms with Crippen molar-refractivity contribution in [1.29, 1.82) is 0 Å². The highest BCUT2D eigenvalue weighted by atomic mass is 16.5. The molecule has 94 valence electrons. The minimum Gasteiger partial charge on any atom is -0.380 e. The van der Waals surface area contributed by atoms with Crippen molar-refractivity contribution in [2.24, 2.45) is 5.92 Å². The van der Waals surface area contributed by atoms with Gasteiger partial charge in [0.2, 0.25) is 0 Å². The maximum absolute atomic E-state index is 5.13. The number of rotatable bonds is 3. The fourth-order valence-electron chi connectivity index (χ4n) is 2.30. The van der Waals surface area contributed by atoms with E-state index in [2.05, 4.69) is 41.4 Å². The topological polar surface area (TPSA) is 24.5 Å². The molecule has 0 bridgehead atoms.